The number of ether oxygens (including phenoxy) is 1. The fourth-order valence-corrected chi connectivity index (χ4v) is 2.28. The SMILES string of the molecule is O=C(Nc1cc(Br)ccc1Cl)C1CCCCO1. The van der Waals surface area contributed by atoms with Crippen LogP contribution in [0, 0.1) is 0 Å². The Kier molecular flexibility index (Phi) is 4.42. The first kappa shape index (κ1) is 12.9. The first-order valence-corrected chi connectivity index (χ1v) is 6.71. The van der Waals surface area contributed by atoms with Gasteiger partial charge in [0.05, 0.1) is 10.7 Å². The standard InChI is InChI=1S/C12H13BrClNO2/c13-8-4-5-9(14)10(7-8)15-12(16)11-3-1-2-6-17-11/h4-5,7,11H,1-3,6H2,(H,15,16). The maximum atomic E-state index is 11.9. The van der Waals surface area contributed by atoms with Gasteiger partial charge in [-0.2, -0.15) is 0 Å². The van der Waals surface area contributed by atoms with Crippen LogP contribution in [0.25, 0.3) is 0 Å². The van der Waals surface area contributed by atoms with Gasteiger partial charge in [0.15, 0.2) is 0 Å². The third-order valence-electron chi connectivity index (χ3n) is 2.66. The number of benzene rings is 1. The number of hydrogen-bond donors (Lipinski definition) is 1. The molecule has 0 saturated carbocycles. The maximum absolute atomic E-state index is 11.9. The van der Waals surface area contributed by atoms with Crippen molar-refractivity contribution in [3.05, 3.63) is 27.7 Å². The Bertz CT molecular complexity index is 419. The molecule has 92 valence electrons. The van der Waals surface area contributed by atoms with Crippen LogP contribution in [0.4, 0.5) is 5.69 Å². The zero-order chi connectivity index (χ0) is 12.3. The van der Waals surface area contributed by atoms with E-state index in [1.165, 1.54) is 0 Å². The molecule has 1 saturated heterocycles. The van der Waals surface area contributed by atoms with Gasteiger partial charge < -0.3 is 10.1 Å². The van der Waals surface area contributed by atoms with Gasteiger partial charge >= 0.3 is 0 Å². The first-order valence-electron chi connectivity index (χ1n) is 5.54. The van der Waals surface area contributed by atoms with Crippen LogP contribution >= 0.6 is 27.5 Å². The summed E-state index contributed by atoms with van der Waals surface area (Å²) in [5.41, 5.74) is 0.611. The fraction of sp³-hybridized carbons (Fsp3) is 0.417. The minimum atomic E-state index is -0.348. The minimum Gasteiger partial charge on any atom is -0.368 e. The molecule has 1 aromatic carbocycles. The lowest BCUT2D eigenvalue weighted by atomic mass is 10.1. The number of nitrogens with one attached hydrogen (secondary N) is 1. The van der Waals surface area contributed by atoms with Crippen LogP contribution in [-0.4, -0.2) is 18.6 Å². The van der Waals surface area contributed by atoms with Crippen LogP contribution in [0.1, 0.15) is 19.3 Å². The van der Waals surface area contributed by atoms with Gasteiger partial charge in [-0.3, -0.25) is 4.79 Å². The summed E-state index contributed by atoms with van der Waals surface area (Å²) in [6.07, 6.45) is 2.49. The lowest BCUT2D eigenvalue weighted by Gasteiger charge is -2.21. The Morgan fingerprint density at radius 3 is 3.00 bits per heavy atom. The summed E-state index contributed by atoms with van der Waals surface area (Å²) in [7, 11) is 0. The third-order valence-corrected chi connectivity index (χ3v) is 3.48. The Labute approximate surface area is 114 Å². The van der Waals surface area contributed by atoms with Gasteiger partial charge in [0.1, 0.15) is 6.10 Å². The molecule has 3 nitrogen and oxygen atoms in total. The van der Waals surface area contributed by atoms with E-state index in [2.05, 4.69) is 21.2 Å². The zero-order valence-electron chi connectivity index (χ0n) is 9.21. The van der Waals surface area contributed by atoms with Crippen LogP contribution in [0.3, 0.4) is 0 Å². The maximum Gasteiger partial charge on any atom is 0.253 e. The van der Waals surface area contributed by atoms with E-state index in [1.807, 2.05) is 6.07 Å². The van der Waals surface area contributed by atoms with Crippen molar-refractivity contribution in [3.8, 4) is 0 Å². The molecular weight excluding hydrogens is 305 g/mol. The fourth-order valence-electron chi connectivity index (χ4n) is 1.75. The molecule has 1 aromatic rings. The first-order chi connectivity index (χ1) is 8.16. The van der Waals surface area contributed by atoms with E-state index >= 15 is 0 Å². The van der Waals surface area contributed by atoms with Crippen molar-refractivity contribution in [2.45, 2.75) is 25.4 Å². The molecule has 1 unspecified atom stereocenters. The molecule has 1 heterocycles. The quantitative estimate of drug-likeness (QED) is 0.904. The molecule has 1 amide bonds. The number of carbonyl (C=O) groups excluding carboxylic acids is 1. The number of rotatable bonds is 2. The molecule has 1 aliphatic rings. The van der Waals surface area contributed by atoms with E-state index in [4.69, 9.17) is 16.3 Å². The molecule has 0 radical (unpaired) electrons. The molecule has 1 atom stereocenters. The highest BCUT2D eigenvalue weighted by Crippen LogP contribution is 2.26. The molecule has 0 bridgehead atoms. The van der Waals surface area contributed by atoms with Gasteiger partial charge in [-0.1, -0.05) is 27.5 Å². The van der Waals surface area contributed by atoms with Crippen molar-refractivity contribution in [2.75, 3.05) is 11.9 Å². The predicted molar refractivity (Wildman–Crippen MR) is 71.4 cm³/mol. The number of anilines is 1. The normalized spacial score (nSPS) is 20.0. The Morgan fingerprint density at radius 1 is 1.47 bits per heavy atom. The summed E-state index contributed by atoms with van der Waals surface area (Å²) < 4.78 is 6.29. The lowest BCUT2D eigenvalue weighted by Crippen LogP contribution is -2.33. The van der Waals surface area contributed by atoms with Gasteiger partial charge in [0, 0.05) is 11.1 Å². The summed E-state index contributed by atoms with van der Waals surface area (Å²) in [5, 5.41) is 3.32. The van der Waals surface area contributed by atoms with Crippen LogP contribution in [0.15, 0.2) is 22.7 Å². The van der Waals surface area contributed by atoms with E-state index in [-0.39, 0.29) is 12.0 Å². The largest absolute Gasteiger partial charge is 0.368 e. The highest BCUT2D eigenvalue weighted by atomic mass is 79.9. The van der Waals surface area contributed by atoms with Gasteiger partial charge in [-0.05, 0) is 37.5 Å². The van der Waals surface area contributed by atoms with E-state index < -0.39 is 0 Å². The highest BCUT2D eigenvalue weighted by Gasteiger charge is 2.22. The predicted octanol–water partition coefficient (Wildman–Crippen LogP) is 3.61. The van der Waals surface area contributed by atoms with Crippen molar-refractivity contribution in [3.63, 3.8) is 0 Å². The van der Waals surface area contributed by atoms with Crippen molar-refractivity contribution in [1.29, 1.82) is 0 Å². The van der Waals surface area contributed by atoms with E-state index in [9.17, 15) is 4.79 Å². The summed E-state index contributed by atoms with van der Waals surface area (Å²) in [4.78, 5) is 11.9. The highest BCUT2D eigenvalue weighted by molar-refractivity contribution is 9.10. The minimum absolute atomic E-state index is 0.121. The number of amides is 1. The molecule has 5 heteroatoms. The zero-order valence-corrected chi connectivity index (χ0v) is 11.6. The van der Waals surface area contributed by atoms with Crippen LogP contribution in [-0.2, 0) is 9.53 Å². The molecule has 17 heavy (non-hydrogen) atoms. The van der Waals surface area contributed by atoms with Crippen molar-refractivity contribution in [1.82, 2.24) is 0 Å². The van der Waals surface area contributed by atoms with Crippen molar-refractivity contribution >= 4 is 39.1 Å². The number of halogens is 2. The molecule has 2 rings (SSSR count). The molecule has 1 fully saturated rings. The van der Waals surface area contributed by atoms with Crippen molar-refractivity contribution < 1.29 is 9.53 Å². The lowest BCUT2D eigenvalue weighted by molar-refractivity contribution is -0.129. The third kappa shape index (κ3) is 3.44. The second-order valence-corrected chi connectivity index (χ2v) is 5.29. The average Bonchev–Trinajstić information content (AvgIpc) is 2.35. The van der Waals surface area contributed by atoms with Crippen LogP contribution < -0.4 is 5.32 Å². The van der Waals surface area contributed by atoms with Gasteiger partial charge in [-0.15, -0.1) is 0 Å². The summed E-state index contributed by atoms with van der Waals surface area (Å²) >= 11 is 9.34. The number of carbonyl (C=O) groups is 1. The van der Waals surface area contributed by atoms with E-state index in [1.54, 1.807) is 12.1 Å². The average molecular weight is 319 g/mol. The Hall–Kier alpha value is -0.580. The van der Waals surface area contributed by atoms with Gasteiger partial charge in [-0.25, -0.2) is 0 Å². The second-order valence-electron chi connectivity index (χ2n) is 3.97. The Morgan fingerprint density at radius 2 is 2.29 bits per heavy atom. The summed E-state index contributed by atoms with van der Waals surface area (Å²) in [6.45, 7) is 0.657. The molecule has 0 aromatic heterocycles. The second kappa shape index (κ2) is 5.85. The van der Waals surface area contributed by atoms with Gasteiger partial charge in [0.25, 0.3) is 5.91 Å². The number of hydrogen-bond acceptors (Lipinski definition) is 2. The van der Waals surface area contributed by atoms with Crippen molar-refractivity contribution in [2.24, 2.45) is 0 Å². The van der Waals surface area contributed by atoms with Crippen LogP contribution in [0.5, 0.6) is 0 Å². The monoisotopic (exact) mass is 317 g/mol. The van der Waals surface area contributed by atoms with Crippen LogP contribution in [0.2, 0.25) is 5.02 Å². The molecule has 0 spiro atoms. The molecular formula is C12H13BrClNO2. The summed E-state index contributed by atoms with van der Waals surface area (Å²) in [5.74, 6) is -0.121. The smallest absolute Gasteiger partial charge is 0.253 e. The van der Waals surface area contributed by atoms with E-state index in [0.29, 0.717) is 17.3 Å². The topological polar surface area (TPSA) is 38.3 Å². The molecule has 1 N–H and O–H groups in total. The Balaban J connectivity index is 2.04. The van der Waals surface area contributed by atoms with E-state index in [0.717, 1.165) is 23.7 Å². The van der Waals surface area contributed by atoms with Gasteiger partial charge in [0.2, 0.25) is 0 Å². The molecule has 0 aliphatic carbocycles. The molecule has 1 aliphatic heterocycles. The summed E-state index contributed by atoms with van der Waals surface area (Å²) in [6, 6.07) is 5.35.